The highest BCUT2D eigenvalue weighted by Crippen LogP contribution is 2.44. The van der Waals surface area contributed by atoms with E-state index in [1.807, 2.05) is 19.9 Å². The Morgan fingerprint density at radius 2 is 1.78 bits per heavy atom. The summed E-state index contributed by atoms with van der Waals surface area (Å²) in [6.45, 7) is 5.73. The van der Waals surface area contributed by atoms with Gasteiger partial charge in [0.15, 0.2) is 5.75 Å². The third-order valence-corrected chi connectivity index (χ3v) is 5.34. The first-order chi connectivity index (χ1) is 12.5. The fourth-order valence-corrected chi connectivity index (χ4v) is 3.76. The van der Waals surface area contributed by atoms with Crippen molar-refractivity contribution in [3.05, 3.63) is 56.6 Å². The van der Waals surface area contributed by atoms with E-state index in [4.69, 9.17) is 28.9 Å². The number of phenols is 1. The number of aromatic hydroxyl groups is 1. The van der Waals surface area contributed by atoms with Gasteiger partial charge in [-0.15, -0.1) is 0 Å². The first-order valence-electron chi connectivity index (χ1n) is 8.04. The van der Waals surface area contributed by atoms with Gasteiger partial charge in [-0.1, -0.05) is 50.0 Å². The first kappa shape index (κ1) is 21.5. The molecule has 0 spiro atoms. The SMILES string of the molecule is CC(C)c1cc(C(N)=O)cc(C(C)c2c(NS(=O)[O-])cc(Cl)c(O)c2Cl)c1. The molecule has 146 valence electrons. The van der Waals surface area contributed by atoms with E-state index in [0.29, 0.717) is 16.7 Å². The molecule has 9 heteroatoms. The fourth-order valence-electron chi connectivity index (χ4n) is 2.79. The first-order valence-corrected chi connectivity index (χ1v) is 9.87. The third-order valence-electron chi connectivity index (χ3n) is 4.29. The third kappa shape index (κ3) is 4.73. The van der Waals surface area contributed by atoms with Crippen molar-refractivity contribution in [1.82, 2.24) is 0 Å². The molecule has 0 heterocycles. The molecule has 2 rings (SSSR count). The average molecular weight is 430 g/mol. The van der Waals surface area contributed by atoms with Crippen LogP contribution in [0.3, 0.4) is 0 Å². The number of nitrogens with one attached hydrogen (secondary N) is 1. The Morgan fingerprint density at radius 1 is 1.19 bits per heavy atom. The zero-order valence-corrected chi connectivity index (χ0v) is 17.2. The van der Waals surface area contributed by atoms with E-state index < -0.39 is 23.1 Å². The molecular formula is C18H19Cl2N2O4S-. The molecule has 0 aliphatic rings. The number of anilines is 1. The van der Waals surface area contributed by atoms with Gasteiger partial charge in [0.2, 0.25) is 5.91 Å². The second kappa shape index (κ2) is 8.48. The van der Waals surface area contributed by atoms with Crippen molar-refractivity contribution in [3.63, 3.8) is 0 Å². The summed E-state index contributed by atoms with van der Waals surface area (Å²) < 4.78 is 24.6. The molecule has 27 heavy (non-hydrogen) atoms. The van der Waals surface area contributed by atoms with Crippen LogP contribution in [-0.2, 0) is 11.3 Å². The molecule has 0 fully saturated rings. The Kier molecular flexibility index (Phi) is 6.75. The molecule has 0 radical (unpaired) electrons. The van der Waals surface area contributed by atoms with E-state index in [1.54, 1.807) is 19.1 Å². The van der Waals surface area contributed by atoms with Crippen molar-refractivity contribution in [1.29, 1.82) is 0 Å². The Morgan fingerprint density at radius 3 is 2.30 bits per heavy atom. The minimum absolute atomic E-state index is 0.0708. The number of primary amides is 1. The molecule has 1 amide bonds. The molecule has 2 aromatic rings. The lowest BCUT2D eigenvalue weighted by atomic mass is 9.87. The van der Waals surface area contributed by atoms with Crippen LogP contribution in [0.2, 0.25) is 10.0 Å². The van der Waals surface area contributed by atoms with Crippen molar-refractivity contribution in [2.24, 2.45) is 5.73 Å². The maximum absolute atomic E-state index is 11.7. The minimum atomic E-state index is -2.62. The topological polar surface area (TPSA) is 115 Å². The van der Waals surface area contributed by atoms with Crippen LogP contribution in [0, 0.1) is 0 Å². The lowest BCUT2D eigenvalue weighted by Crippen LogP contribution is -2.13. The van der Waals surface area contributed by atoms with E-state index in [9.17, 15) is 18.7 Å². The molecule has 4 N–H and O–H groups in total. The van der Waals surface area contributed by atoms with E-state index in [2.05, 4.69) is 4.72 Å². The van der Waals surface area contributed by atoms with Crippen LogP contribution in [0.4, 0.5) is 5.69 Å². The molecular weight excluding hydrogens is 411 g/mol. The van der Waals surface area contributed by atoms with E-state index in [1.165, 1.54) is 6.07 Å². The van der Waals surface area contributed by atoms with Gasteiger partial charge in [0.25, 0.3) is 0 Å². The highest BCUT2D eigenvalue weighted by Gasteiger charge is 2.23. The average Bonchev–Trinajstić information content (AvgIpc) is 2.58. The van der Waals surface area contributed by atoms with Crippen LogP contribution in [0.25, 0.3) is 0 Å². The number of phenolic OH excluding ortho intramolecular Hbond substituents is 1. The van der Waals surface area contributed by atoms with Crippen LogP contribution in [0.15, 0.2) is 24.3 Å². The van der Waals surface area contributed by atoms with Crippen molar-refractivity contribution >= 4 is 46.1 Å². The van der Waals surface area contributed by atoms with Gasteiger partial charge in [-0.2, -0.15) is 0 Å². The predicted molar refractivity (Wildman–Crippen MR) is 107 cm³/mol. The molecule has 2 atom stereocenters. The maximum atomic E-state index is 11.7. The van der Waals surface area contributed by atoms with Crippen molar-refractivity contribution in [2.75, 3.05) is 4.72 Å². The Hall–Kier alpha value is -1.80. The van der Waals surface area contributed by atoms with E-state index in [-0.39, 0.29) is 27.4 Å². The maximum Gasteiger partial charge on any atom is 0.248 e. The van der Waals surface area contributed by atoms with Crippen LogP contribution >= 0.6 is 23.2 Å². The zero-order valence-electron chi connectivity index (χ0n) is 14.9. The molecule has 0 aliphatic carbocycles. The molecule has 2 unspecified atom stereocenters. The zero-order chi connectivity index (χ0) is 20.5. The van der Waals surface area contributed by atoms with Crippen LogP contribution in [0.1, 0.15) is 59.7 Å². The second-order valence-corrected chi connectivity index (χ2v) is 7.91. The number of hydrogen-bond acceptors (Lipinski definition) is 4. The molecule has 0 aromatic heterocycles. The smallest absolute Gasteiger partial charge is 0.248 e. The number of carbonyl (C=O) groups excluding carboxylic acids is 1. The quantitative estimate of drug-likeness (QED) is 0.469. The Bertz CT molecular complexity index is 919. The molecule has 2 aromatic carbocycles. The summed E-state index contributed by atoms with van der Waals surface area (Å²) in [5.74, 6) is -1.26. The largest absolute Gasteiger partial charge is 0.755 e. The number of halogens is 2. The summed E-state index contributed by atoms with van der Waals surface area (Å²) in [6.07, 6.45) is 0. The lowest BCUT2D eigenvalue weighted by molar-refractivity contribution is 0.1000. The summed E-state index contributed by atoms with van der Waals surface area (Å²) in [5, 5.41) is 9.95. The van der Waals surface area contributed by atoms with Gasteiger partial charge in [-0.3, -0.25) is 9.00 Å². The summed E-state index contributed by atoms with van der Waals surface area (Å²) in [6, 6.07) is 6.52. The number of hydrogen-bond donors (Lipinski definition) is 3. The van der Waals surface area contributed by atoms with Gasteiger partial charge < -0.3 is 20.1 Å². The normalized spacial score (nSPS) is 13.4. The lowest BCUT2D eigenvalue weighted by Gasteiger charge is -2.23. The summed E-state index contributed by atoms with van der Waals surface area (Å²) in [4.78, 5) is 11.7. The number of nitrogens with two attached hydrogens (primary N) is 1. The Labute approximate surface area is 170 Å². The summed E-state index contributed by atoms with van der Waals surface area (Å²) in [7, 11) is 0. The fraction of sp³-hybridized carbons (Fsp3) is 0.278. The molecule has 0 bridgehead atoms. The monoisotopic (exact) mass is 429 g/mol. The number of amides is 1. The van der Waals surface area contributed by atoms with Gasteiger partial charge in [0, 0.05) is 28.3 Å². The molecule has 6 nitrogen and oxygen atoms in total. The van der Waals surface area contributed by atoms with Gasteiger partial charge in [-0.05, 0) is 35.2 Å². The highest BCUT2D eigenvalue weighted by molar-refractivity contribution is 7.80. The van der Waals surface area contributed by atoms with E-state index >= 15 is 0 Å². The Balaban J connectivity index is 2.70. The summed E-state index contributed by atoms with van der Waals surface area (Å²) >= 11 is 9.57. The van der Waals surface area contributed by atoms with Gasteiger partial charge in [-0.25, -0.2) is 0 Å². The molecule has 0 aliphatic heterocycles. The standard InChI is InChI=1S/C18H20Cl2N2O4S/c1-8(2)10-4-11(6-12(5-10)18(21)24)9(3)15-14(22-27(25)26)7-13(19)17(23)16(15)20/h4-9,22-23H,1-3H3,(H2,21,24)(H,25,26)/p-1. The van der Waals surface area contributed by atoms with Crippen molar-refractivity contribution in [2.45, 2.75) is 32.6 Å². The van der Waals surface area contributed by atoms with E-state index in [0.717, 1.165) is 5.56 Å². The second-order valence-electron chi connectivity index (χ2n) is 6.45. The number of carbonyl (C=O) groups is 1. The van der Waals surface area contributed by atoms with Crippen LogP contribution in [-0.4, -0.2) is 19.8 Å². The minimum Gasteiger partial charge on any atom is -0.755 e. The van der Waals surface area contributed by atoms with Crippen LogP contribution < -0.4 is 10.5 Å². The summed E-state index contributed by atoms with van der Waals surface area (Å²) in [5.41, 5.74) is 7.83. The van der Waals surface area contributed by atoms with Crippen molar-refractivity contribution < 1.29 is 18.7 Å². The molecule has 0 saturated heterocycles. The van der Waals surface area contributed by atoms with Gasteiger partial charge in [0.05, 0.1) is 15.7 Å². The van der Waals surface area contributed by atoms with Crippen LogP contribution in [0.5, 0.6) is 5.75 Å². The highest BCUT2D eigenvalue weighted by atomic mass is 35.5. The van der Waals surface area contributed by atoms with Gasteiger partial charge in [0.1, 0.15) is 0 Å². The van der Waals surface area contributed by atoms with Gasteiger partial charge >= 0.3 is 0 Å². The van der Waals surface area contributed by atoms with Crippen molar-refractivity contribution in [3.8, 4) is 5.75 Å². The number of benzene rings is 2. The molecule has 0 saturated carbocycles. The predicted octanol–water partition coefficient (Wildman–Crippen LogP) is 4.28. The number of rotatable bonds is 6.